The van der Waals surface area contributed by atoms with Gasteiger partial charge < -0.3 is 0 Å². The minimum Gasteiger partial charge on any atom is -0.299 e. The van der Waals surface area contributed by atoms with E-state index in [1.54, 1.807) is 29.8 Å². The Kier molecular flexibility index (Phi) is 2.70. The molecular formula is C11H9FN2OS. The number of aryl methyl sites for hydroxylation is 1. The maximum Gasteiger partial charge on any atom is 0.251 e. The first-order valence-electron chi connectivity index (χ1n) is 4.66. The molecule has 0 fully saturated rings. The molecule has 0 saturated carbocycles. The summed E-state index contributed by atoms with van der Waals surface area (Å²) >= 11 is 5.01. The summed E-state index contributed by atoms with van der Waals surface area (Å²) in [6.07, 6.45) is 1.56. The lowest BCUT2D eigenvalue weighted by Crippen LogP contribution is -2.09. The van der Waals surface area contributed by atoms with Crippen LogP contribution in [0.1, 0.15) is 5.56 Å². The molecule has 0 spiro atoms. The van der Waals surface area contributed by atoms with Gasteiger partial charge in [0.25, 0.3) is 5.56 Å². The van der Waals surface area contributed by atoms with Crippen molar-refractivity contribution in [1.82, 2.24) is 9.55 Å². The van der Waals surface area contributed by atoms with Gasteiger partial charge in [0.1, 0.15) is 5.82 Å². The van der Waals surface area contributed by atoms with Gasteiger partial charge in [0.05, 0.1) is 0 Å². The van der Waals surface area contributed by atoms with E-state index in [-0.39, 0.29) is 11.4 Å². The van der Waals surface area contributed by atoms with Crippen molar-refractivity contribution in [2.24, 2.45) is 0 Å². The van der Waals surface area contributed by atoms with Gasteiger partial charge in [-0.15, -0.1) is 0 Å². The number of nitrogens with one attached hydrogen (secondary N) is 1. The molecule has 0 unspecified atom stereocenters. The van der Waals surface area contributed by atoms with Crippen LogP contribution in [0.5, 0.6) is 0 Å². The van der Waals surface area contributed by atoms with Crippen LogP contribution < -0.4 is 5.56 Å². The fourth-order valence-electron chi connectivity index (χ4n) is 1.40. The smallest absolute Gasteiger partial charge is 0.251 e. The molecule has 1 heterocycles. The average molecular weight is 236 g/mol. The molecule has 16 heavy (non-hydrogen) atoms. The monoisotopic (exact) mass is 236 g/mol. The van der Waals surface area contributed by atoms with Crippen molar-refractivity contribution in [3.63, 3.8) is 0 Å². The van der Waals surface area contributed by atoms with Crippen LogP contribution in [0.25, 0.3) is 5.69 Å². The van der Waals surface area contributed by atoms with E-state index >= 15 is 0 Å². The highest BCUT2D eigenvalue weighted by molar-refractivity contribution is 7.71. The van der Waals surface area contributed by atoms with Crippen molar-refractivity contribution in [2.75, 3.05) is 0 Å². The number of rotatable bonds is 1. The third-order valence-electron chi connectivity index (χ3n) is 2.24. The quantitative estimate of drug-likeness (QED) is 0.772. The van der Waals surface area contributed by atoms with Gasteiger partial charge >= 0.3 is 0 Å². The SMILES string of the molecule is Cc1cc(-n2ccc(=O)[nH]c2=S)ccc1F. The number of aromatic amines is 1. The molecule has 2 aromatic rings. The maximum absolute atomic E-state index is 13.1. The summed E-state index contributed by atoms with van der Waals surface area (Å²) in [5.74, 6) is -0.264. The molecule has 0 atom stereocenters. The van der Waals surface area contributed by atoms with E-state index in [2.05, 4.69) is 4.98 Å². The molecule has 0 saturated heterocycles. The Balaban J connectivity index is 2.63. The van der Waals surface area contributed by atoms with Crippen LogP contribution in [0.3, 0.4) is 0 Å². The molecule has 0 bridgehead atoms. The lowest BCUT2D eigenvalue weighted by molar-refractivity contribution is 0.618. The first kappa shape index (κ1) is 10.8. The van der Waals surface area contributed by atoms with Crippen LogP contribution in [-0.4, -0.2) is 9.55 Å². The van der Waals surface area contributed by atoms with Crippen molar-refractivity contribution >= 4 is 12.2 Å². The van der Waals surface area contributed by atoms with Crippen molar-refractivity contribution in [1.29, 1.82) is 0 Å². The maximum atomic E-state index is 13.1. The number of hydrogen-bond acceptors (Lipinski definition) is 2. The zero-order valence-corrected chi connectivity index (χ0v) is 9.34. The van der Waals surface area contributed by atoms with Gasteiger partial charge in [0.15, 0.2) is 4.77 Å². The lowest BCUT2D eigenvalue weighted by atomic mass is 10.2. The summed E-state index contributed by atoms with van der Waals surface area (Å²) in [6.45, 7) is 1.67. The van der Waals surface area contributed by atoms with Crippen molar-refractivity contribution in [3.8, 4) is 5.69 Å². The second kappa shape index (κ2) is 4.02. The topological polar surface area (TPSA) is 37.8 Å². The van der Waals surface area contributed by atoms with Crippen molar-refractivity contribution in [2.45, 2.75) is 6.92 Å². The molecule has 0 aliphatic carbocycles. The number of H-pyrrole nitrogens is 1. The van der Waals surface area contributed by atoms with E-state index in [4.69, 9.17) is 12.2 Å². The average Bonchev–Trinajstić information content (AvgIpc) is 2.22. The Morgan fingerprint density at radius 1 is 1.38 bits per heavy atom. The lowest BCUT2D eigenvalue weighted by Gasteiger charge is -2.07. The van der Waals surface area contributed by atoms with Gasteiger partial charge in [-0.2, -0.15) is 0 Å². The van der Waals surface area contributed by atoms with E-state index < -0.39 is 0 Å². The Bertz CT molecular complexity index is 645. The van der Waals surface area contributed by atoms with Crippen LogP contribution in [0.4, 0.5) is 4.39 Å². The normalized spacial score (nSPS) is 10.4. The summed E-state index contributed by atoms with van der Waals surface area (Å²) in [4.78, 5) is 13.5. The second-order valence-electron chi connectivity index (χ2n) is 3.41. The molecule has 5 heteroatoms. The predicted molar refractivity (Wildman–Crippen MR) is 61.9 cm³/mol. The largest absolute Gasteiger partial charge is 0.299 e. The van der Waals surface area contributed by atoms with Gasteiger partial charge in [-0.1, -0.05) is 0 Å². The zero-order chi connectivity index (χ0) is 11.7. The second-order valence-corrected chi connectivity index (χ2v) is 3.80. The Morgan fingerprint density at radius 3 is 2.75 bits per heavy atom. The third-order valence-corrected chi connectivity index (χ3v) is 2.54. The fourth-order valence-corrected chi connectivity index (χ4v) is 1.67. The van der Waals surface area contributed by atoms with E-state index in [1.165, 1.54) is 12.1 Å². The molecular weight excluding hydrogens is 227 g/mol. The number of benzene rings is 1. The minimum absolute atomic E-state index is 0.250. The van der Waals surface area contributed by atoms with Crippen LogP contribution in [0, 0.1) is 17.5 Å². The highest BCUT2D eigenvalue weighted by atomic mass is 32.1. The summed E-state index contributed by atoms with van der Waals surface area (Å²) in [5.41, 5.74) is 1.01. The van der Waals surface area contributed by atoms with Gasteiger partial charge in [-0.25, -0.2) is 4.39 Å². The van der Waals surface area contributed by atoms with Crippen LogP contribution >= 0.6 is 12.2 Å². The molecule has 1 aromatic carbocycles. The minimum atomic E-state index is -0.264. The van der Waals surface area contributed by atoms with E-state index in [1.807, 2.05) is 0 Å². The highest BCUT2D eigenvalue weighted by Gasteiger charge is 2.01. The Labute approximate surface area is 96.2 Å². The molecule has 3 nitrogen and oxygen atoms in total. The number of hydrogen-bond donors (Lipinski definition) is 1. The van der Waals surface area contributed by atoms with Crippen molar-refractivity contribution in [3.05, 3.63) is 57.0 Å². The zero-order valence-electron chi connectivity index (χ0n) is 8.53. The summed E-state index contributed by atoms with van der Waals surface area (Å²) in [5, 5.41) is 0. The van der Waals surface area contributed by atoms with E-state index in [0.29, 0.717) is 10.3 Å². The van der Waals surface area contributed by atoms with Crippen LogP contribution in [0.2, 0.25) is 0 Å². The molecule has 0 amide bonds. The van der Waals surface area contributed by atoms with Crippen LogP contribution in [0.15, 0.2) is 35.3 Å². The summed E-state index contributed by atoms with van der Waals surface area (Å²) < 4.78 is 15.0. The van der Waals surface area contributed by atoms with Gasteiger partial charge in [-0.3, -0.25) is 14.3 Å². The molecule has 0 radical (unpaired) electrons. The van der Waals surface area contributed by atoms with Crippen molar-refractivity contribution < 1.29 is 4.39 Å². The molecule has 1 aromatic heterocycles. The third kappa shape index (κ3) is 1.94. The van der Waals surface area contributed by atoms with E-state index in [9.17, 15) is 9.18 Å². The molecule has 1 N–H and O–H groups in total. The number of halogens is 1. The Hall–Kier alpha value is -1.75. The number of aromatic nitrogens is 2. The van der Waals surface area contributed by atoms with E-state index in [0.717, 1.165) is 5.69 Å². The first-order chi connectivity index (χ1) is 7.58. The fraction of sp³-hybridized carbons (Fsp3) is 0.0909. The molecule has 0 aliphatic heterocycles. The van der Waals surface area contributed by atoms with Gasteiger partial charge in [0.2, 0.25) is 0 Å². The van der Waals surface area contributed by atoms with Gasteiger partial charge in [0, 0.05) is 18.0 Å². The Morgan fingerprint density at radius 2 is 2.12 bits per heavy atom. The summed E-state index contributed by atoms with van der Waals surface area (Å²) in [6, 6.07) is 6.02. The molecule has 2 rings (SSSR count). The molecule has 82 valence electrons. The predicted octanol–water partition coefficient (Wildman–Crippen LogP) is 2.34. The summed E-state index contributed by atoms with van der Waals surface area (Å²) in [7, 11) is 0. The standard InChI is InChI=1S/C11H9FN2OS/c1-7-6-8(2-3-9(7)12)14-5-4-10(15)13-11(14)16/h2-6H,1H3,(H,13,15,16). The highest BCUT2D eigenvalue weighted by Crippen LogP contribution is 2.12. The van der Waals surface area contributed by atoms with Crippen LogP contribution in [-0.2, 0) is 0 Å². The van der Waals surface area contributed by atoms with Gasteiger partial charge in [-0.05, 0) is 42.9 Å². The number of nitrogens with zero attached hydrogens (tertiary/aromatic N) is 1. The first-order valence-corrected chi connectivity index (χ1v) is 5.07. The molecule has 0 aliphatic rings.